The van der Waals surface area contributed by atoms with Gasteiger partial charge >= 0.3 is 0 Å². The number of nitrogens with one attached hydrogen (secondary N) is 1. The van der Waals surface area contributed by atoms with Gasteiger partial charge in [-0.2, -0.15) is 5.26 Å². The third kappa shape index (κ3) is 3.97. The van der Waals surface area contributed by atoms with Gasteiger partial charge in [0.2, 0.25) is 0 Å². The highest BCUT2D eigenvalue weighted by Crippen LogP contribution is 2.35. The van der Waals surface area contributed by atoms with E-state index in [1.165, 1.54) is 4.90 Å². The van der Waals surface area contributed by atoms with E-state index in [9.17, 15) is 18.8 Å². The molecule has 0 bridgehead atoms. The molecule has 0 saturated carbocycles. The average Bonchev–Trinajstić information content (AvgIpc) is 2.72. The van der Waals surface area contributed by atoms with Crippen molar-refractivity contribution in [3.8, 4) is 11.8 Å². The molecular formula is C22H19F2N5O2. The van der Waals surface area contributed by atoms with E-state index in [1.807, 2.05) is 32.0 Å². The monoisotopic (exact) mass is 423 g/mol. The van der Waals surface area contributed by atoms with Crippen LogP contribution in [0.2, 0.25) is 0 Å². The molecule has 2 aromatic carbocycles. The fourth-order valence-corrected chi connectivity index (χ4v) is 3.66. The van der Waals surface area contributed by atoms with Crippen molar-refractivity contribution in [2.24, 2.45) is 0 Å². The Morgan fingerprint density at radius 3 is 2.71 bits per heavy atom. The smallest absolute Gasteiger partial charge is 0.298 e. The van der Waals surface area contributed by atoms with Gasteiger partial charge in [0.15, 0.2) is 17.3 Å². The van der Waals surface area contributed by atoms with Crippen LogP contribution in [-0.4, -0.2) is 35.5 Å². The first-order valence-corrected chi connectivity index (χ1v) is 9.62. The molecule has 4 rings (SSSR count). The van der Waals surface area contributed by atoms with Crippen molar-refractivity contribution in [1.82, 2.24) is 9.97 Å². The number of anilines is 2. The zero-order valence-corrected chi connectivity index (χ0v) is 16.9. The van der Waals surface area contributed by atoms with E-state index < -0.39 is 19.0 Å². The number of nitrogens with zero attached hydrogens (tertiary/aromatic N) is 4. The predicted octanol–water partition coefficient (Wildman–Crippen LogP) is 3.97. The number of carbonyl (C=O) groups is 1. The van der Waals surface area contributed by atoms with Gasteiger partial charge in [-0.15, -0.1) is 0 Å². The molecular weight excluding hydrogens is 404 g/mol. The Labute approximate surface area is 177 Å². The molecule has 0 radical (unpaired) electrons. The number of para-hydroxylation sites is 2. The van der Waals surface area contributed by atoms with Crippen LogP contribution in [0, 0.1) is 18.3 Å². The van der Waals surface area contributed by atoms with Crippen LogP contribution in [-0.2, 0) is 4.79 Å². The fourth-order valence-electron chi connectivity index (χ4n) is 3.66. The Hall–Kier alpha value is -3.80. The summed E-state index contributed by atoms with van der Waals surface area (Å²) < 4.78 is 31.8. The van der Waals surface area contributed by atoms with E-state index in [4.69, 9.17) is 4.74 Å². The molecule has 1 aliphatic heterocycles. The number of alkyl halides is 2. The minimum absolute atomic E-state index is 0.0184. The number of aryl methyl sites for hydroxylation is 1. The van der Waals surface area contributed by atoms with Crippen LogP contribution in [0.15, 0.2) is 36.4 Å². The van der Waals surface area contributed by atoms with Gasteiger partial charge in [-0.05, 0) is 37.6 Å². The zero-order chi connectivity index (χ0) is 22.2. The van der Waals surface area contributed by atoms with Crippen LogP contribution in [0.4, 0.5) is 20.3 Å². The molecule has 3 aromatic rings. The summed E-state index contributed by atoms with van der Waals surface area (Å²) in [6.07, 6.45) is 0. The SMILES string of the molecule is Cc1cc([C@@H](C)Nc2ccccc2OC=O)c2nc(N3CC(F)(F)C3)c(C#N)nc2c1. The van der Waals surface area contributed by atoms with Crippen LogP contribution < -0.4 is 15.0 Å². The van der Waals surface area contributed by atoms with Crippen LogP contribution in [0.1, 0.15) is 29.8 Å². The Kier molecular flexibility index (Phi) is 5.15. The van der Waals surface area contributed by atoms with Crippen molar-refractivity contribution in [2.75, 3.05) is 23.3 Å². The van der Waals surface area contributed by atoms with E-state index in [2.05, 4.69) is 15.3 Å². The topological polar surface area (TPSA) is 91.1 Å². The summed E-state index contributed by atoms with van der Waals surface area (Å²) in [5, 5.41) is 12.8. The van der Waals surface area contributed by atoms with Gasteiger partial charge in [-0.25, -0.2) is 18.7 Å². The summed E-state index contributed by atoms with van der Waals surface area (Å²) in [5.74, 6) is -2.26. The number of hydrogen-bond donors (Lipinski definition) is 1. The largest absolute Gasteiger partial charge is 0.427 e. The van der Waals surface area contributed by atoms with Crippen molar-refractivity contribution < 1.29 is 18.3 Å². The minimum Gasteiger partial charge on any atom is -0.427 e. The average molecular weight is 423 g/mol. The second kappa shape index (κ2) is 7.80. The minimum atomic E-state index is -2.80. The third-order valence-corrected chi connectivity index (χ3v) is 5.08. The summed E-state index contributed by atoms with van der Waals surface area (Å²) in [6.45, 7) is 3.18. The lowest BCUT2D eigenvalue weighted by Gasteiger charge is -2.39. The molecule has 1 atom stereocenters. The summed E-state index contributed by atoms with van der Waals surface area (Å²) in [6, 6.07) is 12.4. The fraction of sp³-hybridized carbons (Fsp3) is 0.273. The van der Waals surface area contributed by atoms with Gasteiger partial charge in [-0.3, -0.25) is 4.79 Å². The number of carbonyl (C=O) groups excluding carboxylic acids is 1. The highest BCUT2D eigenvalue weighted by molar-refractivity contribution is 5.83. The first-order chi connectivity index (χ1) is 14.8. The van der Waals surface area contributed by atoms with Gasteiger partial charge in [0, 0.05) is 5.56 Å². The van der Waals surface area contributed by atoms with E-state index in [0.717, 1.165) is 11.1 Å². The zero-order valence-electron chi connectivity index (χ0n) is 16.9. The molecule has 1 saturated heterocycles. The molecule has 1 aromatic heterocycles. The first-order valence-electron chi connectivity index (χ1n) is 9.62. The lowest BCUT2D eigenvalue weighted by molar-refractivity contribution is -0.120. The molecule has 0 unspecified atom stereocenters. The second-order valence-corrected chi connectivity index (χ2v) is 7.52. The number of ether oxygens (including phenoxy) is 1. The Morgan fingerprint density at radius 2 is 2.03 bits per heavy atom. The Balaban J connectivity index is 1.77. The predicted molar refractivity (Wildman–Crippen MR) is 111 cm³/mol. The Morgan fingerprint density at radius 1 is 1.29 bits per heavy atom. The highest BCUT2D eigenvalue weighted by atomic mass is 19.3. The third-order valence-electron chi connectivity index (χ3n) is 5.08. The molecule has 1 fully saturated rings. The van der Waals surface area contributed by atoms with Crippen LogP contribution >= 0.6 is 0 Å². The molecule has 1 aliphatic rings. The van der Waals surface area contributed by atoms with Crippen LogP contribution in [0.3, 0.4) is 0 Å². The number of nitriles is 1. The maximum absolute atomic E-state index is 13.4. The van der Waals surface area contributed by atoms with Crippen molar-refractivity contribution in [1.29, 1.82) is 5.26 Å². The summed E-state index contributed by atoms with van der Waals surface area (Å²) >= 11 is 0. The maximum atomic E-state index is 13.4. The van der Waals surface area contributed by atoms with Gasteiger partial charge in [-0.1, -0.05) is 18.2 Å². The number of fused-ring (bicyclic) bond motifs is 1. The van der Waals surface area contributed by atoms with Crippen molar-refractivity contribution in [3.63, 3.8) is 0 Å². The van der Waals surface area contributed by atoms with Gasteiger partial charge in [0.1, 0.15) is 6.07 Å². The molecule has 7 nitrogen and oxygen atoms in total. The summed E-state index contributed by atoms with van der Waals surface area (Å²) in [7, 11) is 0. The maximum Gasteiger partial charge on any atom is 0.298 e. The Bertz CT molecular complexity index is 1200. The molecule has 2 heterocycles. The van der Waals surface area contributed by atoms with E-state index >= 15 is 0 Å². The van der Waals surface area contributed by atoms with Crippen LogP contribution in [0.25, 0.3) is 11.0 Å². The van der Waals surface area contributed by atoms with Crippen molar-refractivity contribution in [2.45, 2.75) is 25.8 Å². The number of halogens is 2. The standard InChI is InChI=1S/C22H19F2N5O2/c1-13-7-15(14(2)26-16-5-3-4-6-19(16)31-12-30)20-17(8-13)27-18(9-25)21(28-20)29-10-22(23,24)11-29/h3-8,12,14,26H,10-11H2,1-2H3/t14-/m1/s1. The normalized spacial score (nSPS) is 15.6. The number of hydrogen-bond acceptors (Lipinski definition) is 7. The number of benzene rings is 2. The summed E-state index contributed by atoms with van der Waals surface area (Å²) in [5.41, 5.74) is 3.35. The lowest BCUT2D eigenvalue weighted by atomic mass is 10.0. The van der Waals surface area contributed by atoms with Gasteiger partial charge in [0.25, 0.3) is 12.4 Å². The lowest BCUT2D eigenvalue weighted by Crippen LogP contribution is -2.57. The van der Waals surface area contributed by atoms with E-state index in [1.54, 1.807) is 24.3 Å². The highest BCUT2D eigenvalue weighted by Gasteiger charge is 2.45. The number of aromatic nitrogens is 2. The van der Waals surface area contributed by atoms with Crippen molar-refractivity contribution >= 4 is 29.0 Å². The van der Waals surface area contributed by atoms with E-state index in [0.29, 0.717) is 28.9 Å². The summed E-state index contributed by atoms with van der Waals surface area (Å²) in [4.78, 5) is 21.1. The molecule has 0 aliphatic carbocycles. The van der Waals surface area contributed by atoms with Crippen molar-refractivity contribution in [3.05, 3.63) is 53.2 Å². The van der Waals surface area contributed by atoms with Gasteiger partial charge in [0.05, 0.1) is 35.9 Å². The quantitative estimate of drug-likeness (QED) is 0.600. The molecule has 0 spiro atoms. The molecule has 158 valence electrons. The second-order valence-electron chi connectivity index (χ2n) is 7.52. The molecule has 1 N–H and O–H groups in total. The molecule has 0 amide bonds. The molecule has 9 heteroatoms. The van der Waals surface area contributed by atoms with E-state index in [-0.39, 0.29) is 17.6 Å². The molecule has 31 heavy (non-hydrogen) atoms. The van der Waals surface area contributed by atoms with Crippen LogP contribution in [0.5, 0.6) is 5.75 Å². The van der Waals surface area contributed by atoms with Gasteiger partial charge < -0.3 is 15.0 Å². The first kappa shape index (κ1) is 20.5. The number of rotatable bonds is 6.